The van der Waals surface area contributed by atoms with E-state index >= 15 is 0 Å². The monoisotopic (exact) mass is 636 g/mol. The van der Waals surface area contributed by atoms with Crippen molar-refractivity contribution in [2.75, 3.05) is 0 Å². The first kappa shape index (κ1) is 31.0. The maximum atomic E-state index is 0. The first-order valence-electron chi connectivity index (χ1n) is 0. The molecule has 0 aliphatic heterocycles. The molecule has 0 saturated heterocycles. The summed E-state index contributed by atoms with van der Waals surface area (Å²) in [5, 5.41) is 0. The third kappa shape index (κ3) is 8.82. The third-order valence-electron chi connectivity index (χ3n) is 0. The molecule has 0 amide bonds. The van der Waals surface area contributed by atoms with Crippen LogP contribution in [-0.2, 0) is 79.7 Å². The Morgan fingerprint density at radius 1 is 1.00 bits per heavy atom. The Morgan fingerprint density at radius 3 is 1.00 bits per heavy atom. The second-order valence-electron chi connectivity index (χ2n) is 0. The molecular weight excluding hydrogens is 634 g/mol. The second-order valence-corrected chi connectivity index (χ2v) is 0. The molecule has 4 radical (unpaired) electrons. The number of hydrogen-bond donors (Lipinski definition) is 0. The summed E-state index contributed by atoms with van der Waals surface area (Å²) in [6.45, 7) is 0. The van der Waals surface area contributed by atoms with Crippen molar-refractivity contribution in [1.82, 2.24) is 0 Å². The summed E-state index contributed by atoms with van der Waals surface area (Å²) in [5.41, 5.74) is 0. The average Bonchev–Trinajstić information content (AvgIpc) is 0. The molecule has 0 unspecified atom stereocenters. The van der Waals surface area contributed by atoms with Gasteiger partial charge >= 0.3 is 0 Å². The molecule has 0 saturated carbocycles. The van der Waals surface area contributed by atoms with Crippen LogP contribution in [-0.4, -0.2) is 0 Å². The van der Waals surface area contributed by atoms with Crippen molar-refractivity contribution >= 4 is 0 Å². The van der Waals surface area contributed by atoms with E-state index in [2.05, 4.69) is 0 Å². The van der Waals surface area contributed by atoms with Gasteiger partial charge in [0.25, 0.3) is 0 Å². The molecule has 0 spiro atoms. The summed E-state index contributed by atoms with van der Waals surface area (Å²) in [6, 6.07) is 0. The van der Waals surface area contributed by atoms with Crippen molar-refractivity contribution in [3.05, 3.63) is 0 Å². The average molecular weight is 634 g/mol. The molecule has 0 aromatic carbocycles. The minimum absolute atomic E-state index is 0. The summed E-state index contributed by atoms with van der Waals surface area (Å²) in [6.07, 6.45) is 0. The Labute approximate surface area is 78.6 Å². The predicted octanol–water partition coefficient (Wildman–Crippen LogP) is -0.0100. The van der Waals surface area contributed by atoms with Gasteiger partial charge in [-0.25, -0.2) is 0 Å². The van der Waals surface area contributed by atoms with Gasteiger partial charge in [0.15, 0.2) is 0 Å². The van der Waals surface area contributed by atoms with E-state index in [1.807, 2.05) is 0 Å². The van der Waals surface area contributed by atoms with Crippen molar-refractivity contribution in [2.24, 2.45) is 0 Å². The Kier molecular flexibility index (Phi) is 137. The first-order valence-corrected chi connectivity index (χ1v) is 0. The van der Waals surface area contributed by atoms with Crippen molar-refractivity contribution in [3.63, 3.8) is 0 Å². The number of rotatable bonds is 0. The van der Waals surface area contributed by atoms with Crippen LogP contribution in [0.1, 0.15) is 0 Å². The van der Waals surface area contributed by atoms with Gasteiger partial charge < -0.3 is 0 Å². The van der Waals surface area contributed by atoms with Crippen molar-refractivity contribution < 1.29 is 79.7 Å². The van der Waals surface area contributed by atoms with E-state index in [0.717, 1.165) is 0 Å². The van der Waals surface area contributed by atoms with E-state index in [-0.39, 0.29) is 79.7 Å². The minimum atomic E-state index is 0. The van der Waals surface area contributed by atoms with Crippen LogP contribution >= 0.6 is 0 Å². The smallest absolute Gasteiger partial charge is 0 e. The molecular formula is AuCoIrRe. The fourth-order valence-corrected chi connectivity index (χ4v) is 0. The SMILES string of the molecule is [Au].[Co].[Ir].[Re]. The van der Waals surface area contributed by atoms with Crippen LogP contribution in [0, 0.1) is 0 Å². The first-order chi connectivity index (χ1) is 0. The molecule has 0 rings (SSSR count). The molecule has 0 aliphatic carbocycles. The van der Waals surface area contributed by atoms with Crippen LogP contribution in [0.3, 0.4) is 0 Å². The Morgan fingerprint density at radius 2 is 1.00 bits per heavy atom. The zero-order valence-electron chi connectivity index (χ0n) is 1.35. The van der Waals surface area contributed by atoms with Crippen LogP contribution in [0.2, 0.25) is 0 Å². The van der Waals surface area contributed by atoms with E-state index in [4.69, 9.17) is 0 Å². The van der Waals surface area contributed by atoms with E-state index in [1.54, 1.807) is 0 Å². The van der Waals surface area contributed by atoms with Gasteiger partial charge in [0, 0.05) is 79.7 Å². The Hall–Kier alpha value is 2.56. The van der Waals surface area contributed by atoms with E-state index in [0.29, 0.717) is 0 Å². The van der Waals surface area contributed by atoms with Crippen LogP contribution in [0.25, 0.3) is 0 Å². The fourth-order valence-electron chi connectivity index (χ4n) is 0. The summed E-state index contributed by atoms with van der Waals surface area (Å²) in [5.74, 6) is 0. The maximum absolute atomic E-state index is 0. The molecule has 0 nitrogen and oxygen atoms in total. The Balaban J connectivity index is 0. The molecule has 0 atom stereocenters. The summed E-state index contributed by atoms with van der Waals surface area (Å²) in [4.78, 5) is 0. The summed E-state index contributed by atoms with van der Waals surface area (Å²) >= 11 is 0. The fraction of sp³-hybridized carbons (Fsp3) is 0. The van der Waals surface area contributed by atoms with Gasteiger partial charge in [-0.05, 0) is 0 Å². The van der Waals surface area contributed by atoms with Crippen LogP contribution in [0.4, 0.5) is 0 Å². The van der Waals surface area contributed by atoms with Crippen LogP contribution in [0.5, 0.6) is 0 Å². The molecule has 36 valence electrons. The molecule has 0 aromatic heterocycles. The molecule has 0 bridgehead atoms. The van der Waals surface area contributed by atoms with E-state index in [1.165, 1.54) is 0 Å². The number of hydrogen-bond acceptors (Lipinski definition) is 0. The van der Waals surface area contributed by atoms with Gasteiger partial charge in [0.2, 0.25) is 0 Å². The van der Waals surface area contributed by atoms with Gasteiger partial charge in [0.05, 0.1) is 0 Å². The largest absolute Gasteiger partial charge is 0 e. The molecule has 0 heterocycles. The van der Waals surface area contributed by atoms with Gasteiger partial charge in [-0.15, -0.1) is 0 Å². The maximum Gasteiger partial charge on any atom is 0 e. The molecule has 0 aliphatic rings. The molecule has 0 fully saturated rings. The molecule has 4 heavy (non-hydrogen) atoms. The zero-order chi connectivity index (χ0) is 0. The topological polar surface area (TPSA) is 0 Å². The standard InChI is InChI=1S/Au.Co.Ir.Re. The van der Waals surface area contributed by atoms with Crippen LogP contribution < -0.4 is 0 Å². The van der Waals surface area contributed by atoms with Gasteiger partial charge in [-0.3, -0.25) is 0 Å². The van der Waals surface area contributed by atoms with Crippen molar-refractivity contribution in [2.45, 2.75) is 0 Å². The third-order valence-corrected chi connectivity index (χ3v) is 0. The van der Waals surface area contributed by atoms with E-state index in [9.17, 15) is 0 Å². The summed E-state index contributed by atoms with van der Waals surface area (Å²) < 4.78 is 0. The van der Waals surface area contributed by atoms with E-state index < -0.39 is 0 Å². The minimum Gasteiger partial charge on any atom is 0 e. The van der Waals surface area contributed by atoms with Gasteiger partial charge in [-0.2, -0.15) is 0 Å². The van der Waals surface area contributed by atoms with Gasteiger partial charge in [0.1, 0.15) is 0 Å². The Bertz CT molecular complexity index is 8.00. The van der Waals surface area contributed by atoms with Crippen molar-refractivity contribution in [1.29, 1.82) is 0 Å². The van der Waals surface area contributed by atoms with Gasteiger partial charge in [-0.1, -0.05) is 0 Å². The quantitative estimate of drug-likeness (QED) is 0.330. The second kappa shape index (κ2) is 17.6. The zero-order valence-corrected chi connectivity index (χ0v) is 9.66. The van der Waals surface area contributed by atoms with Crippen molar-refractivity contribution in [3.8, 4) is 0 Å². The molecule has 0 aromatic rings. The van der Waals surface area contributed by atoms with Crippen LogP contribution in [0.15, 0.2) is 0 Å². The normalized spacial score (nSPS) is 0. The molecule has 0 N–H and O–H groups in total. The predicted molar refractivity (Wildman–Crippen MR) is 0 cm³/mol. The molecule has 4 heteroatoms. The summed E-state index contributed by atoms with van der Waals surface area (Å²) in [7, 11) is 0.